The van der Waals surface area contributed by atoms with Gasteiger partial charge in [0.05, 0.1) is 18.4 Å². The Morgan fingerprint density at radius 2 is 1.73 bits per heavy atom. The van der Waals surface area contributed by atoms with Gasteiger partial charge in [0.2, 0.25) is 11.8 Å². The van der Waals surface area contributed by atoms with Gasteiger partial charge in [-0.05, 0) is 83.0 Å². The molecule has 1 aromatic carbocycles. The van der Waals surface area contributed by atoms with Gasteiger partial charge in [-0.2, -0.15) is 5.10 Å². The number of ether oxygens (including phenoxy) is 3. The van der Waals surface area contributed by atoms with Crippen molar-refractivity contribution in [2.45, 2.75) is 78.9 Å². The molecule has 4 aromatic rings. The summed E-state index contributed by atoms with van der Waals surface area (Å²) in [7, 11) is 1.84. The van der Waals surface area contributed by atoms with Crippen molar-refractivity contribution in [3.05, 3.63) is 53.9 Å². The van der Waals surface area contributed by atoms with E-state index in [1.807, 2.05) is 13.2 Å². The number of halogens is 1. The predicted molar refractivity (Wildman–Crippen MR) is 190 cm³/mol. The highest BCUT2D eigenvalue weighted by Crippen LogP contribution is 2.56. The summed E-state index contributed by atoms with van der Waals surface area (Å²) >= 11 is 0. The number of hydrogen-bond acceptors (Lipinski definition) is 9. The van der Waals surface area contributed by atoms with Crippen LogP contribution in [0.1, 0.15) is 71.9 Å². The van der Waals surface area contributed by atoms with Crippen LogP contribution in [-0.2, 0) is 21.3 Å². The smallest absolute Gasteiger partial charge is 0.415 e. The lowest BCUT2D eigenvalue weighted by molar-refractivity contribution is -0.117. The molecular weight excluding hydrogens is 657 g/mol. The maximum absolute atomic E-state index is 16.7. The van der Waals surface area contributed by atoms with Crippen LogP contribution in [0.15, 0.2) is 36.9 Å². The Morgan fingerprint density at radius 1 is 1.00 bits per heavy atom. The van der Waals surface area contributed by atoms with Gasteiger partial charge in [-0.3, -0.25) is 19.7 Å². The van der Waals surface area contributed by atoms with Crippen LogP contribution in [0.25, 0.3) is 21.9 Å². The van der Waals surface area contributed by atoms with Gasteiger partial charge in [-0.25, -0.2) is 23.9 Å². The van der Waals surface area contributed by atoms with Gasteiger partial charge in [-0.15, -0.1) is 0 Å². The minimum absolute atomic E-state index is 0.0539. The molecule has 3 aromatic heterocycles. The number of amides is 3. The van der Waals surface area contributed by atoms with Crippen LogP contribution in [0.4, 0.5) is 31.2 Å². The molecule has 1 saturated carbocycles. The number of fused-ring (bicyclic) bond motifs is 2. The highest BCUT2D eigenvalue weighted by atomic mass is 19.1. The second kappa shape index (κ2) is 13.1. The van der Waals surface area contributed by atoms with E-state index < -0.39 is 29.2 Å². The zero-order valence-electron chi connectivity index (χ0n) is 30.4. The largest absolute Gasteiger partial charge is 0.474 e. The molecule has 1 aliphatic heterocycles. The first-order valence-corrected chi connectivity index (χ1v) is 17.0. The van der Waals surface area contributed by atoms with E-state index in [1.54, 1.807) is 71.5 Å². The second-order valence-corrected chi connectivity index (χ2v) is 15.0. The molecule has 0 spiro atoms. The van der Waals surface area contributed by atoms with Gasteiger partial charge in [0.25, 0.3) is 0 Å². The molecule has 0 bridgehead atoms. The number of aryl methyl sites for hydroxylation is 1. The molecule has 1 aliphatic carbocycles. The molecule has 13 nitrogen and oxygen atoms in total. The van der Waals surface area contributed by atoms with Crippen molar-refractivity contribution in [2.24, 2.45) is 18.9 Å². The Balaban J connectivity index is 1.41. The van der Waals surface area contributed by atoms with Gasteiger partial charge < -0.3 is 19.5 Å². The van der Waals surface area contributed by atoms with Gasteiger partial charge in [-0.1, -0.05) is 13.3 Å². The van der Waals surface area contributed by atoms with E-state index in [9.17, 15) is 14.4 Å². The molecule has 4 heterocycles. The lowest BCUT2D eigenvalue weighted by Crippen LogP contribution is -2.42. The molecule has 270 valence electrons. The highest BCUT2D eigenvalue weighted by Gasteiger charge is 2.54. The monoisotopic (exact) mass is 701 g/mol. The number of nitrogens with zero attached hydrogens (tertiary/aromatic N) is 5. The fraction of sp³-hybridized carbons (Fsp3) is 0.459. The summed E-state index contributed by atoms with van der Waals surface area (Å²) in [5.74, 6) is -0.476. The lowest BCUT2D eigenvalue weighted by Gasteiger charge is -2.32. The van der Waals surface area contributed by atoms with Crippen LogP contribution in [0.5, 0.6) is 5.88 Å². The van der Waals surface area contributed by atoms with Crippen molar-refractivity contribution >= 4 is 46.1 Å². The summed E-state index contributed by atoms with van der Waals surface area (Å²) in [6.07, 6.45) is 5.98. The molecular formula is C37H44FN7O6. The summed E-state index contributed by atoms with van der Waals surface area (Å²) in [6.45, 7) is 14.6. The fourth-order valence-corrected chi connectivity index (χ4v) is 6.69. The van der Waals surface area contributed by atoms with Gasteiger partial charge in [0, 0.05) is 54.0 Å². The number of carbonyl (C=O) groups excluding carboxylic acids is 3. The standard InChI is InChI=1S/C37H44FN7O6/c1-10-22-27(21-15-41-44(9)18-21)28(22)32(46)42-26-14-20-13-23(29(38)30(25(20)17-39-26)43-34(47)50-36(3,4)5)24-16-40-33-31(19(24)2)45(11-12-49-33)35(48)51-37(6,7)8/h13-18,22,27-28H,10-12H2,1-9H3,(H,43,47)(H,39,42,46)/t22?,27-,28-/m0/s1. The molecule has 1 unspecified atom stereocenters. The van der Waals surface area contributed by atoms with E-state index in [0.29, 0.717) is 22.2 Å². The number of nitrogens with one attached hydrogen (secondary N) is 2. The van der Waals surface area contributed by atoms with Gasteiger partial charge in [0.1, 0.15) is 29.3 Å². The minimum atomic E-state index is -0.859. The molecule has 2 aliphatic rings. The van der Waals surface area contributed by atoms with E-state index in [-0.39, 0.29) is 65.1 Å². The van der Waals surface area contributed by atoms with E-state index in [1.165, 1.54) is 17.3 Å². The zero-order chi connectivity index (χ0) is 37.0. The van der Waals surface area contributed by atoms with Crippen molar-refractivity contribution in [3.63, 3.8) is 0 Å². The van der Waals surface area contributed by atoms with Crippen LogP contribution in [0, 0.1) is 24.6 Å². The first-order valence-electron chi connectivity index (χ1n) is 17.0. The number of rotatable bonds is 6. The van der Waals surface area contributed by atoms with Crippen LogP contribution >= 0.6 is 0 Å². The molecule has 6 rings (SSSR count). The average molecular weight is 702 g/mol. The number of carbonyl (C=O) groups is 3. The number of benzene rings is 1. The molecule has 3 atom stereocenters. The Morgan fingerprint density at radius 3 is 2.37 bits per heavy atom. The number of pyridine rings is 2. The lowest BCUT2D eigenvalue weighted by atomic mass is 9.96. The third-order valence-corrected chi connectivity index (χ3v) is 8.89. The molecule has 14 heteroatoms. The molecule has 0 radical (unpaired) electrons. The Hall–Kier alpha value is -5.27. The second-order valence-electron chi connectivity index (χ2n) is 15.0. The molecule has 51 heavy (non-hydrogen) atoms. The third kappa shape index (κ3) is 7.31. The van der Waals surface area contributed by atoms with Crippen molar-refractivity contribution < 1.29 is 33.0 Å². The van der Waals surface area contributed by atoms with Gasteiger partial charge in [0.15, 0.2) is 5.82 Å². The maximum atomic E-state index is 16.7. The zero-order valence-corrected chi connectivity index (χ0v) is 30.4. The molecule has 1 fully saturated rings. The van der Waals surface area contributed by atoms with E-state index in [0.717, 1.165) is 12.0 Å². The number of hydrogen-bond donors (Lipinski definition) is 2. The van der Waals surface area contributed by atoms with Crippen molar-refractivity contribution in [2.75, 3.05) is 28.7 Å². The maximum Gasteiger partial charge on any atom is 0.415 e. The third-order valence-electron chi connectivity index (χ3n) is 8.89. The van der Waals surface area contributed by atoms with E-state index in [4.69, 9.17) is 14.2 Å². The quantitative estimate of drug-likeness (QED) is 0.211. The summed E-state index contributed by atoms with van der Waals surface area (Å²) < 4.78 is 35.4. The van der Waals surface area contributed by atoms with Crippen molar-refractivity contribution in [1.82, 2.24) is 19.7 Å². The van der Waals surface area contributed by atoms with Crippen LogP contribution in [0.3, 0.4) is 0 Å². The van der Waals surface area contributed by atoms with Crippen LogP contribution in [0.2, 0.25) is 0 Å². The van der Waals surface area contributed by atoms with Crippen molar-refractivity contribution in [3.8, 4) is 17.0 Å². The predicted octanol–water partition coefficient (Wildman–Crippen LogP) is 7.34. The van der Waals surface area contributed by atoms with Crippen LogP contribution in [-0.4, -0.2) is 62.2 Å². The van der Waals surface area contributed by atoms with Gasteiger partial charge >= 0.3 is 12.2 Å². The summed E-state index contributed by atoms with van der Waals surface area (Å²) in [6, 6.07) is 3.24. The highest BCUT2D eigenvalue weighted by molar-refractivity contribution is 6.05. The summed E-state index contributed by atoms with van der Waals surface area (Å²) in [5.41, 5.74) is 0.558. The van der Waals surface area contributed by atoms with E-state index in [2.05, 4.69) is 32.6 Å². The SMILES string of the molecule is CCC1[C@H](C(=O)Nc2cc3cc(-c4cnc5c(c4C)N(C(=O)OC(C)(C)C)CCO5)c(F)c(NC(=O)OC(C)(C)C)c3cn2)[C@H]1c1cnn(C)c1. The first-order chi connectivity index (χ1) is 24.0. The Bertz CT molecular complexity index is 2030. The Kier molecular flexibility index (Phi) is 9.15. The summed E-state index contributed by atoms with van der Waals surface area (Å²) in [5, 5.41) is 10.6. The fourth-order valence-electron chi connectivity index (χ4n) is 6.69. The normalized spacial score (nSPS) is 18.5. The molecule has 0 saturated heterocycles. The molecule has 2 N–H and O–H groups in total. The Labute approximate surface area is 295 Å². The minimum Gasteiger partial charge on any atom is -0.474 e. The molecule has 3 amide bonds. The topological polar surface area (TPSA) is 150 Å². The number of anilines is 3. The van der Waals surface area contributed by atoms with Crippen LogP contribution < -0.4 is 20.3 Å². The van der Waals surface area contributed by atoms with E-state index >= 15 is 4.39 Å². The first kappa shape index (κ1) is 35.6. The average Bonchev–Trinajstić information content (AvgIpc) is 3.62. The van der Waals surface area contributed by atoms with Crippen molar-refractivity contribution in [1.29, 1.82) is 0 Å². The number of aromatic nitrogens is 4. The summed E-state index contributed by atoms with van der Waals surface area (Å²) in [4.78, 5) is 50.1.